The topological polar surface area (TPSA) is 72.4 Å². The Balaban J connectivity index is 1.81. The highest BCUT2D eigenvalue weighted by atomic mass is 35.5. The van der Waals surface area contributed by atoms with Gasteiger partial charge in [-0.2, -0.15) is 5.26 Å². The number of nitriles is 1. The van der Waals surface area contributed by atoms with Gasteiger partial charge in [-0.15, -0.1) is 0 Å². The molecule has 1 aromatic carbocycles. The number of rotatable bonds is 6. The number of aromatic nitrogens is 2. The lowest BCUT2D eigenvalue weighted by Crippen LogP contribution is -2.05. The zero-order valence-electron chi connectivity index (χ0n) is 14.3. The highest BCUT2D eigenvalue weighted by molar-refractivity contribution is 6.31. The van der Waals surface area contributed by atoms with Crippen LogP contribution < -0.4 is 4.74 Å². The van der Waals surface area contributed by atoms with Gasteiger partial charge in [0.25, 0.3) is 0 Å². The fourth-order valence-corrected chi connectivity index (χ4v) is 2.66. The van der Waals surface area contributed by atoms with Gasteiger partial charge in [0.15, 0.2) is 5.82 Å². The third-order valence-corrected chi connectivity index (χ3v) is 4.12. The SMILES string of the molecule is COc1ccnc(-n2cccc2/C=N/OCc2c(F)cccc2Cl)c1C#N. The second-order valence-electron chi connectivity index (χ2n) is 5.33. The van der Waals surface area contributed by atoms with Crippen molar-refractivity contribution in [3.05, 3.63) is 76.5 Å². The van der Waals surface area contributed by atoms with Crippen molar-refractivity contribution in [2.24, 2.45) is 5.16 Å². The molecule has 0 N–H and O–H groups in total. The van der Waals surface area contributed by atoms with Gasteiger partial charge in [0.05, 0.1) is 24.0 Å². The molecule has 0 spiro atoms. The lowest BCUT2D eigenvalue weighted by molar-refractivity contribution is 0.129. The zero-order valence-corrected chi connectivity index (χ0v) is 15.0. The molecule has 0 saturated carbocycles. The van der Waals surface area contributed by atoms with Gasteiger partial charge < -0.3 is 9.57 Å². The van der Waals surface area contributed by atoms with Crippen molar-refractivity contribution in [2.75, 3.05) is 7.11 Å². The van der Waals surface area contributed by atoms with Gasteiger partial charge in [-0.05, 0) is 30.3 Å². The maximum Gasteiger partial charge on any atom is 0.158 e. The van der Waals surface area contributed by atoms with Crippen molar-refractivity contribution in [3.8, 4) is 17.6 Å². The van der Waals surface area contributed by atoms with Crippen LogP contribution >= 0.6 is 11.6 Å². The number of oxime groups is 1. The van der Waals surface area contributed by atoms with Crippen LogP contribution in [-0.2, 0) is 11.4 Å². The summed E-state index contributed by atoms with van der Waals surface area (Å²) in [5.74, 6) is 0.366. The molecule has 0 fully saturated rings. The first-order valence-corrected chi connectivity index (χ1v) is 8.22. The number of pyridine rings is 1. The Bertz CT molecular complexity index is 1010. The Morgan fingerprint density at radius 2 is 2.19 bits per heavy atom. The van der Waals surface area contributed by atoms with E-state index in [9.17, 15) is 9.65 Å². The van der Waals surface area contributed by atoms with Gasteiger partial charge in [0, 0.05) is 18.0 Å². The predicted molar refractivity (Wildman–Crippen MR) is 98.6 cm³/mol. The van der Waals surface area contributed by atoms with Crippen molar-refractivity contribution >= 4 is 17.8 Å². The summed E-state index contributed by atoms with van der Waals surface area (Å²) in [5, 5.41) is 13.6. The van der Waals surface area contributed by atoms with Crippen LogP contribution in [0.2, 0.25) is 5.02 Å². The van der Waals surface area contributed by atoms with E-state index in [2.05, 4.69) is 16.2 Å². The molecule has 27 heavy (non-hydrogen) atoms. The molecular formula is C19H14ClFN4O2. The molecule has 0 aliphatic heterocycles. The lowest BCUT2D eigenvalue weighted by atomic mass is 10.2. The van der Waals surface area contributed by atoms with Gasteiger partial charge in [-0.3, -0.25) is 4.57 Å². The average Bonchev–Trinajstić information content (AvgIpc) is 3.14. The minimum Gasteiger partial charge on any atom is -0.495 e. The largest absolute Gasteiger partial charge is 0.495 e. The third-order valence-electron chi connectivity index (χ3n) is 3.76. The predicted octanol–water partition coefficient (Wildman–Crippen LogP) is 4.10. The van der Waals surface area contributed by atoms with E-state index < -0.39 is 5.82 Å². The zero-order chi connectivity index (χ0) is 19.2. The number of halogens is 2. The monoisotopic (exact) mass is 384 g/mol. The van der Waals surface area contributed by atoms with Crippen LogP contribution in [0.3, 0.4) is 0 Å². The first-order chi connectivity index (χ1) is 13.2. The summed E-state index contributed by atoms with van der Waals surface area (Å²) >= 11 is 5.95. The first kappa shape index (κ1) is 18.4. The molecule has 136 valence electrons. The van der Waals surface area contributed by atoms with E-state index in [4.69, 9.17) is 21.2 Å². The molecule has 6 nitrogen and oxygen atoms in total. The Labute approximate surface area is 160 Å². The molecule has 0 aliphatic carbocycles. The standard InChI is InChI=1S/C19H14ClFN4O2/c1-26-18-7-8-23-19(14(18)10-22)25-9-3-4-13(25)11-24-27-12-15-16(20)5-2-6-17(15)21/h2-9,11H,12H2,1H3/b24-11+. The lowest BCUT2D eigenvalue weighted by Gasteiger charge is -2.10. The molecule has 8 heteroatoms. The summed E-state index contributed by atoms with van der Waals surface area (Å²) in [4.78, 5) is 9.42. The van der Waals surface area contributed by atoms with Gasteiger partial charge >= 0.3 is 0 Å². The molecule has 0 aliphatic rings. The maximum absolute atomic E-state index is 13.7. The molecule has 0 amide bonds. The number of hydrogen-bond acceptors (Lipinski definition) is 5. The minimum absolute atomic E-state index is 0.108. The molecule has 3 aromatic rings. The summed E-state index contributed by atoms with van der Waals surface area (Å²) in [6.45, 7) is -0.108. The molecule has 0 radical (unpaired) electrons. The molecule has 0 atom stereocenters. The van der Waals surface area contributed by atoms with E-state index in [1.807, 2.05) is 0 Å². The van der Waals surface area contributed by atoms with Crippen molar-refractivity contribution in [2.45, 2.75) is 6.61 Å². The highest BCUT2D eigenvalue weighted by Crippen LogP contribution is 2.23. The Kier molecular flexibility index (Phi) is 5.69. The molecule has 0 unspecified atom stereocenters. The summed E-state index contributed by atoms with van der Waals surface area (Å²) in [6.07, 6.45) is 4.72. The van der Waals surface area contributed by atoms with Gasteiger partial charge in [-0.1, -0.05) is 22.8 Å². The fraction of sp³-hybridized carbons (Fsp3) is 0.105. The number of methoxy groups -OCH3 is 1. The van der Waals surface area contributed by atoms with E-state index in [1.165, 1.54) is 25.5 Å². The smallest absolute Gasteiger partial charge is 0.158 e. The summed E-state index contributed by atoms with van der Waals surface area (Å²) in [5.41, 5.74) is 1.14. The Hall–Kier alpha value is -3.37. The average molecular weight is 385 g/mol. The van der Waals surface area contributed by atoms with Crippen LogP contribution in [0.15, 0.2) is 53.9 Å². The Morgan fingerprint density at radius 1 is 1.33 bits per heavy atom. The van der Waals surface area contributed by atoms with E-state index in [0.717, 1.165) is 0 Å². The van der Waals surface area contributed by atoms with Crippen LogP contribution in [0, 0.1) is 17.1 Å². The highest BCUT2D eigenvalue weighted by Gasteiger charge is 2.13. The summed E-state index contributed by atoms with van der Waals surface area (Å²) < 4.78 is 20.6. The van der Waals surface area contributed by atoms with Crippen LogP contribution in [0.25, 0.3) is 5.82 Å². The normalized spacial score (nSPS) is 10.7. The molecule has 2 aromatic heterocycles. The molecule has 0 bridgehead atoms. The molecule has 2 heterocycles. The number of ether oxygens (including phenoxy) is 1. The van der Waals surface area contributed by atoms with Gasteiger partial charge in [0.2, 0.25) is 0 Å². The quantitative estimate of drug-likeness (QED) is 0.474. The van der Waals surface area contributed by atoms with E-state index in [1.54, 1.807) is 41.2 Å². The van der Waals surface area contributed by atoms with Crippen molar-refractivity contribution in [1.82, 2.24) is 9.55 Å². The summed E-state index contributed by atoms with van der Waals surface area (Å²) in [7, 11) is 1.49. The van der Waals surface area contributed by atoms with E-state index in [-0.39, 0.29) is 17.2 Å². The minimum atomic E-state index is -0.458. The second-order valence-corrected chi connectivity index (χ2v) is 5.74. The molecule has 3 rings (SSSR count). The third kappa shape index (κ3) is 3.91. The van der Waals surface area contributed by atoms with E-state index >= 15 is 0 Å². The van der Waals surface area contributed by atoms with Crippen LogP contribution in [0.1, 0.15) is 16.8 Å². The number of benzene rings is 1. The first-order valence-electron chi connectivity index (χ1n) is 7.84. The van der Waals surface area contributed by atoms with Gasteiger partial charge in [0.1, 0.15) is 29.8 Å². The van der Waals surface area contributed by atoms with Crippen LogP contribution in [0.4, 0.5) is 4.39 Å². The van der Waals surface area contributed by atoms with Crippen molar-refractivity contribution in [1.29, 1.82) is 5.26 Å². The Morgan fingerprint density at radius 3 is 2.93 bits per heavy atom. The molecule has 0 saturated heterocycles. The second kappa shape index (κ2) is 8.34. The fourth-order valence-electron chi connectivity index (χ4n) is 2.45. The van der Waals surface area contributed by atoms with Crippen molar-refractivity contribution < 1.29 is 14.0 Å². The van der Waals surface area contributed by atoms with Crippen LogP contribution in [-0.4, -0.2) is 22.9 Å². The van der Waals surface area contributed by atoms with Crippen LogP contribution in [0.5, 0.6) is 5.75 Å². The van der Waals surface area contributed by atoms with Crippen molar-refractivity contribution in [3.63, 3.8) is 0 Å². The molecular weight excluding hydrogens is 371 g/mol. The summed E-state index contributed by atoms with van der Waals surface area (Å²) in [6, 6.07) is 11.6. The van der Waals surface area contributed by atoms with E-state index in [0.29, 0.717) is 22.8 Å². The maximum atomic E-state index is 13.7. The number of nitrogens with zero attached hydrogens (tertiary/aromatic N) is 4. The van der Waals surface area contributed by atoms with Gasteiger partial charge in [-0.25, -0.2) is 9.37 Å². The number of hydrogen-bond donors (Lipinski definition) is 0.